The van der Waals surface area contributed by atoms with Crippen LogP contribution in [0.25, 0.3) is 0 Å². The Morgan fingerprint density at radius 2 is 1.06 bits per heavy atom. The van der Waals surface area contributed by atoms with E-state index in [-0.39, 0.29) is 0 Å². The molecule has 3 nitrogen and oxygen atoms in total. The Morgan fingerprint density at radius 1 is 0.656 bits per heavy atom. The number of benzene rings is 1. The minimum atomic E-state index is -3.78. The molecule has 0 aliphatic heterocycles. The van der Waals surface area contributed by atoms with Gasteiger partial charge in [-0.1, -0.05) is 0 Å². The van der Waals surface area contributed by atoms with Crippen molar-refractivity contribution in [3.63, 3.8) is 0 Å². The van der Waals surface area contributed by atoms with E-state index >= 15 is 0 Å². The molecule has 0 N–H and O–H groups in total. The van der Waals surface area contributed by atoms with Crippen LogP contribution in [0, 0.1) is 6.92 Å². The fourth-order valence-electron chi connectivity index (χ4n) is 4.82. The summed E-state index contributed by atoms with van der Waals surface area (Å²) in [5, 5.41) is 0. The summed E-state index contributed by atoms with van der Waals surface area (Å²) in [6.07, 6.45) is 17.8. The molecule has 0 atom stereocenters. The Balaban J connectivity index is 3.32. The predicted molar refractivity (Wildman–Crippen MR) is 144 cm³/mol. The number of hydrogen-bond donors (Lipinski definition) is 0. The summed E-state index contributed by atoms with van der Waals surface area (Å²) in [6, 6.07) is 7.19. The monoisotopic (exact) mass is 486 g/mol. The van der Waals surface area contributed by atoms with Gasteiger partial charge in [0, 0.05) is 0 Å². The minimum absolute atomic E-state index is 0.321. The van der Waals surface area contributed by atoms with Gasteiger partial charge < -0.3 is 0 Å². The molecule has 32 heavy (non-hydrogen) atoms. The number of aryl methyl sites for hydroxylation is 1. The molecule has 0 unspecified atom stereocenters. The quantitative estimate of drug-likeness (QED) is 0.145. The molecule has 0 radical (unpaired) electrons. The van der Waals surface area contributed by atoms with Crippen molar-refractivity contribution in [3.8, 4) is 0 Å². The average Bonchev–Trinajstić information content (AvgIpc) is 2.78. The van der Waals surface area contributed by atoms with Crippen LogP contribution in [-0.4, -0.2) is 33.1 Å². The van der Waals surface area contributed by atoms with Crippen molar-refractivity contribution in [2.24, 2.45) is 0 Å². The average molecular weight is 487 g/mol. The van der Waals surface area contributed by atoms with E-state index in [2.05, 4.69) is 27.7 Å². The van der Waals surface area contributed by atoms with Gasteiger partial charge in [-0.25, -0.2) is 0 Å². The Labute approximate surface area is 200 Å². The van der Waals surface area contributed by atoms with Crippen molar-refractivity contribution in [3.05, 3.63) is 29.8 Å². The number of rotatable bonds is 19. The van der Waals surface area contributed by atoms with Crippen LogP contribution in [-0.2, 0) is 14.1 Å². The molecule has 0 heterocycles. The third-order valence-corrected chi connectivity index (χ3v) is 16.4. The summed E-state index contributed by atoms with van der Waals surface area (Å²) in [5.74, 6) is 0. The second-order valence-corrected chi connectivity index (χ2v) is 17.5. The standard InChI is InChI=1S/C27H51O3PS/c1-6-10-13-16-23-31(9-4,24-17-14-11-7-2,25-18-15-12-8-3)30-32(28,29)27-21-19-26(5)20-22-27/h19-22H,6-18,23-25H2,1-5H3. The van der Waals surface area contributed by atoms with Gasteiger partial charge in [-0.05, 0) is 0 Å². The first kappa shape index (κ1) is 29.6. The topological polar surface area (TPSA) is 43.4 Å². The first-order chi connectivity index (χ1) is 15.3. The van der Waals surface area contributed by atoms with Crippen LogP contribution in [0.1, 0.15) is 110 Å². The van der Waals surface area contributed by atoms with Crippen LogP contribution >= 0.6 is 6.83 Å². The van der Waals surface area contributed by atoms with E-state index < -0.39 is 16.9 Å². The molecule has 5 heteroatoms. The molecular formula is C27H51O3PS. The molecule has 1 aromatic rings. The van der Waals surface area contributed by atoms with Crippen LogP contribution in [0.4, 0.5) is 0 Å². The van der Waals surface area contributed by atoms with Gasteiger partial charge in [0.05, 0.1) is 0 Å². The third-order valence-electron chi connectivity index (χ3n) is 7.15. The van der Waals surface area contributed by atoms with Crippen molar-refractivity contribution in [1.82, 2.24) is 0 Å². The summed E-state index contributed by atoms with van der Waals surface area (Å²) in [6.45, 7) is 7.99. The van der Waals surface area contributed by atoms with Gasteiger partial charge in [-0.3, -0.25) is 0 Å². The Hall–Kier alpha value is -0.440. The van der Waals surface area contributed by atoms with Gasteiger partial charge >= 0.3 is 200 Å². The summed E-state index contributed by atoms with van der Waals surface area (Å²) in [5.41, 5.74) is 1.07. The normalized spacial score (nSPS) is 13.7. The van der Waals surface area contributed by atoms with Crippen molar-refractivity contribution in [2.45, 2.75) is 117 Å². The SMILES string of the molecule is CCCCCCP(CC)(CCCCCC)(CCCCCC)OS(=O)(=O)c1ccc(C)cc1. The molecule has 0 aliphatic carbocycles. The Bertz CT molecular complexity index is 694. The molecule has 0 fully saturated rings. The number of unbranched alkanes of at least 4 members (excludes halogenated alkanes) is 9. The molecular weight excluding hydrogens is 435 g/mol. The fraction of sp³-hybridized carbons (Fsp3) is 0.778. The van der Waals surface area contributed by atoms with Crippen molar-refractivity contribution in [1.29, 1.82) is 0 Å². The predicted octanol–water partition coefficient (Wildman–Crippen LogP) is 8.93. The van der Waals surface area contributed by atoms with Gasteiger partial charge in [0.25, 0.3) is 0 Å². The molecule has 0 aromatic heterocycles. The second kappa shape index (κ2) is 14.7. The maximum absolute atomic E-state index is 13.6. The zero-order valence-corrected chi connectivity index (χ0v) is 23.4. The summed E-state index contributed by atoms with van der Waals surface area (Å²) >= 11 is 0. The molecule has 1 aromatic carbocycles. The summed E-state index contributed by atoms with van der Waals surface area (Å²) in [7, 11) is -3.78. The molecule has 0 amide bonds. The van der Waals surface area contributed by atoms with Crippen molar-refractivity contribution >= 4 is 16.9 Å². The van der Waals surface area contributed by atoms with Gasteiger partial charge in [0.1, 0.15) is 0 Å². The maximum atomic E-state index is 13.6. The first-order valence-corrected chi connectivity index (χ1v) is 17.6. The van der Waals surface area contributed by atoms with Crippen LogP contribution < -0.4 is 0 Å². The molecule has 1 rings (SSSR count). The molecule has 0 saturated carbocycles. The zero-order chi connectivity index (χ0) is 24.0. The van der Waals surface area contributed by atoms with Crippen LogP contribution in [0.15, 0.2) is 29.2 Å². The third kappa shape index (κ3) is 9.43. The van der Waals surface area contributed by atoms with Crippen molar-refractivity contribution < 1.29 is 12.4 Å². The number of hydrogen-bond acceptors (Lipinski definition) is 3. The van der Waals surface area contributed by atoms with E-state index in [1.807, 2.05) is 19.1 Å². The molecule has 0 saturated heterocycles. The molecule has 188 valence electrons. The summed E-state index contributed by atoms with van der Waals surface area (Å²) < 4.78 is 33.8. The molecule has 0 spiro atoms. The van der Waals surface area contributed by atoms with E-state index in [1.54, 1.807) is 12.1 Å². The van der Waals surface area contributed by atoms with Gasteiger partial charge in [0.15, 0.2) is 0 Å². The van der Waals surface area contributed by atoms with E-state index in [0.29, 0.717) is 4.90 Å². The summed E-state index contributed by atoms with van der Waals surface area (Å²) in [4.78, 5) is 0.321. The van der Waals surface area contributed by atoms with Crippen molar-refractivity contribution in [2.75, 3.05) is 24.6 Å². The van der Waals surface area contributed by atoms with Gasteiger partial charge in [-0.2, -0.15) is 0 Å². The van der Waals surface area contributed by atoms with E-state index in [0.717, 1.165) is 49.5 Å². The second-order valence-electron chi connectivity index (χ2n) is 9.87. The van der Waals surface area contributed by atoms with Crippen LogP contribution in [0.5, 0.6) is 0 Å². The Morgan fingerprint density at radius 3 is 1.41 bits per heavy atom. The first-order valence-electron chi connectivity index (χ1n) is 13.3. The zero-order valence-electron chi connectivity index (χ0n) is 21.7. The van der Waals surface area contributed by atoms with E-state index in [9.17, 15) is 8.42 Å². The van der Waals surface area contributed by atoms with Crippen LogP contribution in [0.2, 0.25) is 0 Å². The van der Waals surface area contributed by atoms with E-state index in [4.69, 9.17) is 3.97 Å². The Kier molecular flexibility index (Phi) is 13.6. The molecule has 0 aliphatic rings. The fourth-order valence-corrected chi connectivity index (χ4v) is 13.9. The van der Waals surface area contributed by atoms with Gasteiger partial charge in [0.2, 0.25) is 0 Å². The van der Waals surface area contributed by atoms with Crippen LogP contribution in [0.3, 0.4) is 0 Å². The molecule has 0 bridgehead atoms. The van der Waals surface area contributed by atoms with Gasteiger partial charge in [-0.15, -0.1) is 0 Å². The van der Waals surface area contributed by atoms with E-state index in [1.165, 1.54) is 57.8 Å².